The van der Waals surface area contributed by atoms with Crippen molar-refractivity contribution in [3.05, 3.63) is 72.2 Å². The first-order valence-corrected chi connectivity index (χ1v) is 10.9. The number of nitrogens with zero attached hydrogens (tertiary/aromatic N) is 4. The summed E-state index contributed by atoms with van der Waals surface area (Å²) < 4.78 is 6.26. The highest BCUT2D eigenvalue weighted by Crippen LogP contribution is 2.46. The molecule has 1 aromatic carbocycles. The summed E-state index contributed by atoms with van der Waals surface area (Å²) in [5, 5.41) is 0. The Bertz CT molecular complexity index is 1070. The largest absolute Gasteiger partial charge is 0.472 e. The van der Waals surface area contributed by atoms with E-state index in [0.29, 0.717) is 23.2 Å². The molecule has 1 saturated heterocycles. The smallest absolute Gasteiger partial charge is 0.255 e. The molecule has 1 aliphatic carbocycles. The maximum atomic E-state index is 13.8. The lowest BCUT2D eigenvalue weighted by molar-refractivity contribution is 0.0273. The van der Waals surface area contributed by atoms with Crippen molar-refractivity contribution in [2.24, 2.45) is 5.92 Å². The number of fused-ring (bicyclic) bond motifs is 2. The second kappa shape index (κ2) is 8.10. The first-order valence-electron chi connectivity index (χ1n) is 10.9. The van der Waals surface area contributed by atoms with Gasteiger partial charge in [-0.1, -0.05) is 31.2 Å². The van der Waals surface area contributed by atoms with Crippen LogP contribution < -0.4 is 4.74 Å². The zero-order chi connectivity index (χ0) is 21.4. The Hall–Kier alpha value is -3.28. The molecule has 1 aliphatic heterocycles. The van der Waals surface area contributed by atoms with E-state index in [-0.39, 0.29) is 24.1 Å². The van der Waals surface area contributed by atoms with Gasteiger partial charge in [-0.25, -0.2) is 15.0 Å². The number of benzene rings is 1. The van der Waals surface area contributed by atoms with Crippen molar-refractivity contribution in [2.75, 3.05) is 0 Å². The molecular formula is C25H26N4O2. The molecule has 1 amide bonds. The third-order valence-corrected chi connectivity index (χ3v) is 6.54. The molecule has 2 aliphatic rings. The van der Waals surface area contributed by atoms with Gasteiger partial charge in [0.15, 0.2) is 5.82 Å². The number of likely N-dealkylation sites (tertiary alicyclic amines) is 1. The molecule has 0 N–H and O–H groups in total. The topological polar surface area (TPSA) is 68.2 Å². The molecule has 2 fully saturated rings. The van der Waals surface area contributed by atoms with E-state index in [4.69, 9.17) is 4.74 Å². The van der Waals surface area contributed by atoms with Crippen LogP contribution >= 0.6 is 0 Å². The van der Waals surface area contributed by atoms with E-state index in [9.17, 15) is 4.79 Å². The average molecular weight is 415 g/mol. The summed E-state index contributed by atoms with van der Waals surface area (Å²) in [5.74, 6) is 1.68. The van der Waals surface area contributed by atoms with Crippen molar-refractivity contribution in [3.63, 3.8) is 0 Å². The van der Waals surface area contributed by atoms with Crippen molar-refractivity contribution in [2.45, 2.75) is 51.3 Å². The van der Waals surface area contributed by atoms with Gasteiger partial charge in [0.1, 0.15) is 6.10 Å². The fourth-order valence-corrected chi connectivity index (χ4v) is 5.17. The van der Waals surface area contributed by atoms with Gasteiger partial charge in [-0.3, -0.25) is 4.79 Å². The molecule has 4 atom stereocenters. The van der Waals surface area contributed by atoms with Gasteiger partial charge >= 0.3 is 0 Å². The van der Waals surface area contributed by atoms with E-state index >= 15 is 0 Å². The Labute approximate surface area is 182 Å². The van der Waals surface area contributed by atoms with Crippen LogP contribution in [0.15, 0.2) is 61.1 Å². The van der Waals surface area contributed by atoms with Gasteiger partial charge in [-0.05, 0) is 49.8 Å². The normalized spacial score (nSPS) is 24.4. The predicted molar refractivity (Wildman–Crippen MR) is 118 cm³/mol. The van der Waals surface area contributed by atoms with Gasteiger partial charge in [-0.2, -0.15) is 0 Å². The lowest BCUT2D eigenvalue weighted by atomic mass is 9.94. The maximum absolute atomic E-state index is 13.8. The number of carbonyl (C=O) groups excluding carboxylic acids is 1. The molecule has 3 aromatic rings. The number of rotatable bonds is 5. The number of hydrogen-bond donors (Lipinski definition) is 0. The minimum atomic E-state index is -0.0351. The highest BCUT2D eigenvalue weighted by atomic mass is 16.5. The number of aryl methyl sites for hydroxylation is 1. The summed E-state index contributed by atoms with van der Waals surface area (Å²) in [6.45, 7) is 4.17. The summed E-state index contributed by atoms with van der Waals surface area (Å²) in [4.78, 5) is 29.0. The van der Waals surface area contributed by atoms with Crippen LogP contribution in [-0.4, -0.2) is 43.9 Å². The average Bonchev–Trinajstić information content (AvgIpc) is 3.38. The zero-order valence-corrected chi connectivity index (χ0v) is 17.8. The number of amides is 1. The summed E-state index contributed by atoms with van der Waals surface area (Å²) >= 11 is 0. The fraction of sp³-hybridized carbons (Fsp3) is 0.360. The van der Waals surface area contributed by atoms with Crippen LogP contribution in [0.25, 0.3) is 11.4 Å². The Morgan fingerprint density at radius 2 is 1.87 bits per heavy atom. The van der Waals surface area contributed by atoms with Gasteiger partial charge in [0, 0.05) is 36.3 Å². The Kier molecular flexibility index (Phi) is 5.14. The lowest BCUT2D eigenvalue weighted by Crippen LogP contribution is -2.52. The Balaban J connectivity index is 1.45. The van der Waals surface area contributed by atoms with Crippen molar-refractivity contribution in [1.82, 2.24) is 19.9 Å². The number of hydrogen-bond acceptors (Lipinski definition) is 5. The third kappa shape index (κ3) is 3.56. The van der Waals surface area contributed by atoms with E-state index in [2.05, 4.69) is 26.8 Å². The fourth-order valence-electron chi connectivity index (χ4n) is 5.17. The zero-order valence-electron chi connectivity index (χ0n) is 17.8. The third-order valence-electron chi connectivity index (χ3n) is 6.54. The molecule has 6 nitrogen and oxygen atoms in total. The van der Waals surface area contributed by atoms with Crippen molar-refractivity contribution in [1.29, 1.82) is 0 Å². The van der Waals surface area contributed by atoms with Crippen molar-refractivity contribution in [3.8, 4) is 17.3 Å². The molecule has 2 bridgehead atoms. The van der Waals surface area contributed by atoms with Gasteiger partial charge in [0.2, 0.25) is 5.88 Å². The number of ether oxygens (including phenoxy) is 1. The highest BCUT2D eigenvalue weighted by molar-refractivity contribution is 6.00. The molecule has 158 valence electrons. The number of aromatic nitrogens is 3. The standard InChI is InChI=1S/C25H26N4O2/c1-3-20-17-13-21(22(14-17)31-23-10-9-16(2)15-28-23)29(20)25(30)19-8-5-4-7-18(19)24-26-11-6-12-27-24/h4-12,15,17,20-22H,3,13-14H2,1-2H3. The van der Waals surface area contributed by atoms with E-state index in [1.807, 2.05) is 49.5 Å². The molecular weight excluding hydrogens is 388 g/mol. The molecule has 5 rings (SSSR count). The molecule has 1 saturated carbocycles. The summed E-state index contributed by atoms with van der Waals surface area (Å²) in [6, 6.07) is 13.6. The van der Waals surface area contributed by atoms with Crippen LogP contribution in [0.5, 0.6) is 5.88 Å². The van der Waals surface area contributed by atoms with Crippen LogP contribution in [0.1, 0.15) is 42.1 Å². The van der Waals surface area contributed by atoms with Gasteiger partial charge in [0.25, 0.3) is 5.91 Å². The van der Waals surface area contributed by atoms with E-state index in [1.54, 1.807) is 18.5 Å². The summed E-state index contributed by atoms with van der Waals surface area (Å²) in [5.41, 5.74) is 2.51. The lowest BCUT2D eigenvalue weighted by Gasteiger charge is -2.39. The monoisotopic (exact) mass is 414 g/mol. The second-order valence-electron chi connectivity index (χ2n) is 8.43. The van der Waals surface area contributed by atoms with Crippen molar-refractivity contribution >= 4 is 5.91 Å². The Morgan fingerprint density at radius 3 is 2.61 bits per heavy atom. The van der Waals surface area contributed by atoms with Crippen LogP contribution in [-0.2, 0) is 0 Å². The Morgan fingerprint density at radius 1 is 1.06 bits per heavy atom. The minimum absolute atomic E-state index is 0.0348. The number of carbonyl (C=O) groups is 1. The highest BCUT2D eigenvalue weighted by Gasteiger charge is 2.53. The number of piperidine rings is 1. The van der Waals surface area contributed by atoms with E-state index in [0.717, 1.165) is 30.4 Å². The molecule has 4 unspecified atom stereocenters. The van der Waals surface area contributed by atoms with Gasteiger partial charge < -0.3 is 9.64 Å². The summed E-state index contributed by atoms with van der Waals surface area (Å²) in [6.07, 6.45) is 8.07. The van der Waals surface area contributed by atoms with Crippen LogP contribution in [0.4, 0.5) is 0 Å². The van der Waals surface area contributed by atoms with Crippen molar-refractivity contribution < 1.29 is 9.53 Å². The molecule has 31 heavy (non-hydrogen) atoms. The van der Waals surface area contributed by atoms with Gasteiger partial charge in [-0.15, -0.1) is 0 Å². The first-order chi connectivity index (χ1) is 15.2. The molecule has 0 spiro atoms. The molecule has 0 radical (unpaired) electrons. The van der Waals surface area contributed by atoms with E-state index in [1.165, 1.54) is 0 Å². The maximum Gasteiger partial charge on any atom is 0.255 e. The van der Waals surface area contributed by atoms with Crippen LogP contribution in [0.3, 0.4) is 0 Å². The quantitative estimate of drug-likeness (QED) is 0.622. The molecule has 6 heteroatoms. The SMILES string of the molecule is CCC1C2CC(Oc3ccc(C)cn3)C(C2)N1C(=O)c1ccccc1-c1ncccn1. The van der Waals surface area contributed by atoms with Crippen LogP contribution in [0, 0.1) is 12.8 Å². The summed E-state index contributed by atoms with van der Waals surface area (Å²) in [7, 11) is 0. The first kappa shape index (κ1) is 19.7. The number of pyridine rings is 1. The molecule has 2 aromatic heterocycles. The van der Waals surface area contributed by atoms with Gasteiger partial charge in [0.05, 0.1) is 11.6 Å². The second-order valence-corrected chi connectivity index (χ2v) is 8.43. The van der Waals surface area contributed by atoms with Crippen LogP contribution in [0.2, 0.25) is 0 Å². The predicted octanol–water partition coefficient (Wildman–Crippen LogP) is 4.31. The van der Waals surface area contributed by atoms with E-state index < -0.39 is 0 Å². The minimum Gasteiger partial charge on any atom is -0.472 e. The molecule has 3 heterocycles.